The van der Waals surface area contributed by atoms with Gasteiger partial charge in [-0.05, 0) is 43.9 Å². The topological polar surface area (TPSA) is 102 Å². The fourth-order valence-corrected chi connectivity index (χ4v) is 2.95. The third-order valence-electron chi connectivity index (χ3n) is 4.77. The van der Waals surface area contributed by atoms with E-state index in [4.69, 9.17) is 5.26 Å². The minimum atomic E-state index is -0.505. The zero-order valence-corrected chi connectivity index (χ0v) is 18.8. The average molecular weight is 421 g/mol. The first-order valence-corrected chi connectivity index (χ1v) is 10.5. The first kappa shape index (κ1) is 23.9. The molecule has 0 aliphatic carbocycles. The third kappa shape index (κ3) is 8.47. The number of anilines is 1. The van der Waals surface area contributed by atoms with Gasteiger partial charge in [0.15, 0.2) is 6.19 Å². The lowest BCUT2D eigenvalue weighted by Gasteiger charge is -2.29. The monoisotopic (exact) mass is 420 g/mol. The summed E-state index contributed by atoms with van der Waals surface area (Å²) in [4.78, 5) is 21.4. The normalized spacial score (nSPS) is 12.5. The van der Waals surface area contributed by atoms with E-state index in [1.54, 1.807) is 12.3 Å². The molecule has 0 radical (unpaired) electrons. The van der Waals surface area contributed by atoms with Gasteiger partial charge in [-0.15, -0.1) is 0 Å². The number of aliphatic imine (C=N–C) groups is 1. The quantitative estimate of drug-likeness (QED) is 0.196. The Morgan fingerprint density at radius 3 is 2.55 bits per heavy atom. The number of hydrogen-bond donors (Lipinski definition) is 3. The molecule has 0 saturated carbocycles. The fourth-order valence-electron chi connectivity index (χ4n) is 2.95. The van der Waals surface area contributed by atoms with Gasteiger partial charge in [-0.25, -0.2) is 4.99 Å². The Kier molecular flexibility index (Phi) is 9.01. The number of nitrogens with zero attached hydrogens (tertiary/aromatic N) is 3. The summed E-state index contributed by atoms with van der Waals surface area (Å²) in [5.41, 5.74) is 2.46. The zero-order valence-electron chi connectivity index (χ0n) is 18.8. The van der Waals surface area contributed by atoms with Crippen LogP contribution in [0.25, 0.3) is 0 Å². The van der Waals surface area contributed by atoms with Gasteiger partial charge in [-0.3, -0.25) is 15.1 Å². The highest BCUT2D eigenvalue weighted by molar-refractivity contribution is 5.95. The number of guanidine groups is 1. The number of carbonyl (C=O) groups is 1. The highest BCUT2D eigenvalue weighted by atomic mass is 16.1. The maximum atomic E-state index is 12.6. The summed E-state index contributed by atoms with van der Waals surface area (Å²) in [5, 5.41) is 17.8. The van der Waals surface area contributed by atoms with Crippen LogP contribution in [-0.4, -0.2) is 23.0 Å². The van der Waals surface area contributed by atoms with Crippen molar-refractivity contribution in [3.63, 3.8) is 0 Å². The molecule has 1 aromatic carbocycles. The number of hydrogen-bond acceptors (Lipinski definition) is 4. The molecule has 1 amide bonds. The van der Waals surface area contributed by atoms with Crippen molar-refractivity contribution < 1.29 is 4.79 Å². The molecule has 0 aliphatic heterocycles. The summed E-state index contributed by atoms with van der Waals surface area (Å²) in [7, 11) is 0. The van der Waals surface area contributed by atoms with Gasteiger partial charge in [0.2, 0.25) is 11.9 Å². The number of carbonyl (C=O) groups excluding carboxylic acids is 1. The second-order valence-corrected chi connectivity index (χ2v) is 8.50. The van der Waals surface area contributed by atoms with Crippen molar-refractivity contribution in [3.05, 3.63) is 59.9 Å². The van der Waals surface area contributed by atoms with Crippen LogP contribution in [0.3, 0.4) is 0 Å². The maximum Gasteiger partial charge on any atom is 0.221 e. The van der Waals surface area contributed by atoms with Crippen LogP contribution in [0.5, 0.6) is 0 Å². The first-order chi connectivity index (χ1) is 14.8. The minimum Gasteiger partial charge on any atom is -0.334 e. The number of benzene rings is 1. The molecule has 1 atom stereocenters. The van der Waals surface area contributed by atoms with E-state index in [1.807, 2.05) is 58.2 Å². The number of amides is 1. The van der Waals surface area contributed by atoms with E-state index in [-0.39, 0.29) is 17.3 Å². The smallest absolute Gasteiger partial charge is 0.221 e. The first-order valence-electron chi connectivity index (χ1n) is 10.5. The Bertz CT molecular complexity index is 912. The van der Waals surface area contributed by atoms with Crippen molar-refractivity contribution in [1.29, 1.82) is 5.26 Å². The summed E-state index contributed by atoms with van der Waals surface area (Å²) in [6.07, 6.45) is 6.24. The third-order valence-corrected chi connectivity index (χ3v) is 4.77. The van der Waals surface area contributed by atoms with Crippen molar-refractivity contribution in [2.45, 2.75) is 59.5 Å². The highest BCUT2D eigenvalue weighted by Crippen LogP contribution is 2.21. The zero-order chi connectivity index (χ0) is 22.7. The molecule has 0 aliphatic rings. The van der Waals surface area contributed by atoms with Gasteiger partial charge in [-0.1, -0.05) is 51.1 Å². The Morgan fingerprint density at radius 2 is 1.90 bits per heavy atom. The molecular weight excluding hydrogens is 388 g/mol. The SMILES string of the molecule is Cc1ncccc1NC(=NC(NC(=O)CCCCc1ccccc1)C(C)(C)C)NC#N. The number of pyridine rings is 1. The molecule has 164 valence electrons. The average Bonchev–Trinajstić information content (AvgIpc) is 2.72. The van der Waals surface area contributed by atoms with Crippen molar-refractivity contribution in [1.82, 2.24) is 15.6 Å². The summed E-state index contributed by atoms with van der Waals surface area (Å²) in [6.45, 7) is 7.85. The molecule has 31 heavy (non-hydrogen) atoms. The molecule has 0 fully saturated rings. The number of aromatic nitrogens is 1. The van der Waals surface area contributed by atoms with Crippen molar-refractivity contribution >= 4 is 17.6 Å². The molecule has 1 unspecified atom stereocenters. The van der Waals surface area contributed by atoms with Gasteiger partial charge >= 0.3 is 0 Å². The predicted molar refractivity (Wildman–Crippen MR) is 124 cm³/mol. The van der Waals surface area contributed by atoms with Crippen LogP contribution in [-0.2, 0) is 11.2 Å². The molecule has 1 aromatic heterocycles. The molecule has 0 saturated heterocycles. The fraction of sp³-hybridized carbons (Fsp3) is 0.417. The Balaban J connectivity index is 1.99. The van der Waals surface area contributed by atoms with Gasteiger partial charge in [0.25, 0.3) is 0 Å². The number of aryl methyl sites for hydroxylation is 2. The molecule has 2 rings (SSSR count). The second kappa shape index (κ2) is 11.7. The predicted octanol–water partition coefficient (Wildman–Crippen LogP) is 4.13. The van der Waals surface area contributed by atoms with Crippen LogP contribution in [0, 0.1) is 23.8 Å². The Hall–Kier alpha value is -3.40. The van der Waals surface area contributed by atoms with E-state index in [9.17, 15) is 4.79 Å². The molecule has 7 heteroatoms. The maximum absolute atomic E-state index is 12.6. The van der Waals surface area contributed by atoms with E-state index in [0.29, 0.717) is 6.42 Å². The van der Waals surface area contributed by atoms with Crippen molar-refractivity contribution in [3.8, 4) is 6.19 Å². The van der Waals surface area contributed by atoms with Crippen LogP contribution in [0.1, 0.15) is 51.3 Å². The Labute approximate surface area is 185 Å². The van der Waals surface area contributed by atoms with E-state index in [2.05, 4.69) is 38.1 Å². The van der Waals surface area contributed by atoms with Gasteiger partial charge in [-0.2, -0.15) is 5.26 Å². The standard InChI is InChI=1S/C24H32N6O/c1-18-20(14-10-16-26-18)28-23(27-17-25)30-22(24(2,3)4)29-21(31)15-9-8-13-19-11-6-5-7-12-19/h5-7,10-12,14,16,22H,8-9,13,15H2,1-4H3,(H,29,31)(H2,27,28,30). The van der Waals surface area contributed by atoms with Crippen LogP contribution < -0.4 is 16.0 Å². The molecule has 2 aromatic rings. The largest absolute Gasteiger partial charge is 0.334 e. The lowest BCUT2D eigenvalue weighted by Crippen LogP contribution is -2.44. The lowest BCUT2D eigenvalue weighted by molar-refractivity contribution is -0.122. The van der Waals surface area contributed by atoms with Crippen LogP contribution in [0.15, 0.2) is 53.7 Å². The number of nitrogens with one attached hydrogen (secondary N) is 3. The van der Waals surface area contributed by atoms with E-state index < -0.39 is 6.17 Å². The van der Waals surface area contributed by atoms with Crippen LogP contribution in [0.4, 0.5) is 5.69 Å². The molecule has 0 bridgehead atoms. The van der Waals surface area contributed by atoms with E-state index >= 15 is 0 Å². The number of unbranched alkanes of at least 4 members (excludes halogenated alkanes) is 1. The van der Waals surface area contributed by atoms with Crippen molar-refractivity contribution in [2.75, 3.05) is 5.32 Å². The summed E-state index contributed by atoms with van der Waals surface area (Å²) >= 11 is 0. The van der Waals surface area contributed by atoms with Crippen molar-refractivity contribution in [2.24, 2.45) is 10.4 Å². The summed E-state index contributed by atoms with van der Waals surface area (Å²) in [5.74, 6) is 0.216. The minimum absolute atomic E-state index is 0.0504. The van der Waals surface area contributed by atoms with Gasteiger partial charge in [0.1, 0.15) is 6.17 Å². The van der Waals surface area contributed by atoms with Crippen LogP contribution >= 0.6 is 0 Å². The second-order valence-electron chi connectivity index (χ2n) is 8.50. The number of nitriles is 1. The van der Waals surface area contributed by atoms with Gasteiger partial charge < -0.3 is 10.6 Å². The Morgan fingerprint density at radius 1 is 1.16 bits per heavy atom. The van der Waals surface area contributed by atoms with E-state index in [1.165, 1.54) is 5.56 Å². The number of rotatable bonds is 8. The molecule has 7 nitrogen and oxygen atoms in total. The van der Waals surface area contributed by atoms with Gasteiger partial charge in [0, 0.05) is 18.0 Å². The van der Waals surface area contributed by atoms with E-state index in [0.717, 1.165) is 30.6 Å². The molecular formula is C24H32N6O. The highest BCUT2D eigenvalue weighted by Gasteiger charge is 2.26. The summed E-state index contributed by atoms with van der Waals surface area (Å²) in [6, 6.07) is 13.9. The molecule has 1 heterocycles. The lowest BCUT2D eigenvalue weighted by atomic mass is 9.92. The van der Waals surface area contributed by atoms with Gasteiger partial charge in [0.05, 0.1) is 11.4 Å². The summed E-state index contributed by atoms with van der Waals surface area (Å²) < 4.78 is 0. The molecule has 3 N–H and O–H groups in total. The van der Waals surface area contributed by atoms with Crippen LogP contribution in [0.2, 0.25) is 0 Å². The molecule has 0 spiro atoms.